The van der Waals surface area contributed by atoms with Crippen LogP contribution in [-0.2, 0) is 19.9 Å². The number of hydrogen-bond acceptors (Lipinski definition) is 0. The summed E-state index contributed by atoms with van der Waals surface area (Å²) in [5.41, 5.74) is 7.43. The zero-order chi connectivity index (χ0) is 20.6. The molecule has 2 heteroatoms. The molecule has 27 heavy (non-hydrogen) atoms. The van der Waals surface area contributed by atoms with Gasteiger partial charge in [-0.3, -0.25) is 0 Å². The van der Waals surface area contributed by atoms with Crippen molar-refractivity contribution < 1.29 is 4.57 Å². The van der Waals surface area contributed by atoms with Crippen molar-refractivity contribution in [2.45, 2.75) is 71.7 Å². The summed E-state index contributed by atoms with van der Waals surface area (Å²) in [6.07, 6.45) is 4.71. The van der Waals surface area contributed by atoms with Gasteiger partial charge in [-0.2, -0.15) is 0 Å². The van der Waals surface area contributed by atoms with Crippen molar-refractivity contribution in [3.8, 4) is 11.3 Å². The van der Waals surface area contributed by atoms with E-state index in [1.807, 2.05) is 0 Å². The molecule has 1 heterocycles. The molecule has 0 amide bonds. The van der Waals surface area contributed by atoms with Gasteiger partial charge in [-0.15, -0.1) is 0 Å². The molecular formula is C25H40GeN+. The van der Waals surface area contributed by atoms with Crippen LogP contribution in [0.3, 0.4) is 0 Å². The van der Waals surface area contributed by atoms with Crippen LogP contribution < -0.4 is 8.96 Å². The molecule has 0 saturated carbocycles. The third-order valence-corrected chi connectivity index (χ3v) is 9.46. The Hall–Kier alpha value is -1.09. The van der Waals surface area contributed by atoms with E-state index in [0.29, 0.717) is 11.3 Å². The maximum absolute atomic E-state index is 2.52. The topological polar surface area (TPSA) is 3.88 Å². The van der Waals surface area contributed by atoms with Crippen LogP contribution in [0.1, 0.15) is 51.3 Å². The third-order valence-electron chi connectivity index (χ3n) is 5.10. The molecule has 1 nitrogen and oxygen atoms in total. The molecule has 0 radical (unpaired) electrons. The van der Waals surface area contributed by atoms with Gasteiger partial charge in [0.1, 0.15) is 0 Å². The van der Waals surface area contributed by atoms with Crippen molar-refractivity contribution in [2.24, 2.45) is 18.4 Å². The fraction of sp³-hybridized carbons (Fsp3) is 0.560. The average Bonchev–Trinajstić information content (AvgIpc) is 2.44. The Balaban J connectivity index is 2.58. The summed E-state index contributed by atoms with van der Waals surface area (Å²) in [6.45, 7) is 13.9. The molecule has 2 rings (SSSR count). The van der Waals surface area contributed by atoms with Crippen LogP contribution in [0.25, 0.3) is 11.3 Å². The summed E-state index contributed by atoms with van der Waals surface area (Å²) < 4.78 is 4.01. The van der Waals surface area contributed by atoms with E-state index in [1.54, 1.807) is 9.96 Å². The van der Waals surface area contributed by atoms with Crippen molar-refractivity contribution in [3.63, 3.8) is 0 Å². The van der Waals surface area contributed by atoms with Gasteiger partial charge in [-0.05, 0) is 0 Å². The van der Waals surface area contributed by atoms with Gasteiger partial charge < -0.3 is 0 Å². The Morgan fingerprint density at radius 1 is 1.04 bits per heavy atom. The van der Waals surface area contributed by atoms with Gasteiger partial charge in [0.25, 0.3) is 0 Å². The number of rotatable bonds is 5. The number of aryl methyl sites for hydroxylation is 2. The van der Waals surface area contributed by atoms with E-state index in [4.69, 9.17) is 0 Å². The maximum atomic E-state index is 2.52. The Labute approximate surface area is 170 Å². The molecule has 0 aliphatic heterocycles. The first kappa shape index (κ1) is 22.2. The molecule has 0 bridgehead atoms. The summed E-state index contributed by atoms with van der Waals surface area (Å²) in [4.78, 5) is 0. The van der Waals surface area contributed by atoms with Crippen molar-refractivity contribution in [2.75, 3.05) is 0 Å². The minimum atomic E-state index is -1.98. The molecule has 0 aliphatic carbocycles. The normalized spacial score (nSPS) is 12.7. The molecule has 1 aromatic carbocycles. The van der Waals surface area contributed by atoms with Crippen LogP contribution in [0.15, 0.2) is 30.5 Å². The van der Waals surface area contributed by atoms with E-state index in [-0.39, 0.29) is 0 Å². The van der Waals surface area contributed by atoms with Gasteiger partial charge in [-0.1, -0.05) is 0 Å². The van der Waals surface area contributed by atoms with E-state index >= 15 is 0 Å². The van der Waals surface area contributed by atoms with E-state index in [0.717, 1.165) is 12.8 Å². The average molecular weight is 427 g/mol. The van der Waals surface area contributed by atoms with Crippen LogP contribution in [0.5, 0.6) is 0 Å². The second-order valence-corrected chi connectivity index (χ2v) is 21.5. The minimum absolute atomic E-state index is 0.311. The monoisotopic (exact) mass is 428 g/mol. The Kier molecular flexibility index (Phi) is 6.67. The van der Waals surface area contributed by atoms with Crippen LogP contribution >= 0.6 is 0 Å². The van der Waals surface area contributed by atoms with E-state index in [9.17, 15) is 0 Å². The van der Waals surface area contributed by atoms with Gasteiger partial charge in [0, 0.05) is 0 Å². The zero-order valence-corrected chi connectivity index (χ0v) is 21.4. The summed E-state index contributed by atoms with van der Waals surface area (Å²) in [7, 11) is 2.21. The van der Waals surface area contributed by atoms with Crippen molar-refractivity contribution >= 4 is 17.7 Å². The molecule has 0 fully saturated rings. The molecule has 0 atom stereocenters. The molecule has 0 saturated heterocycles. The number of benzene rings is 1. The quantitative estimate of drug-likeness (QED) is 0.419. The van der Waals surface area contributed by atoms with Gasteiger partial charge in [0.05, 0.1) is 0 Å². The fourth-order valence-electron chi connectivity index (χ4n) is 3.99. The molecule has 148 valence electrons. The number of pyridine rings is 1. The molecule has 0 aliphatic rings. The van der Waals surface area contributed by atoms with E-state index in [1.165, 1.54) is 22.4 Å². The van der Waals surface area contributed by atoms with Crippen LogP contribution in [0.2, 0.25) is 17.3 Å². The Bertz CT molecular complexity index is 804. The first-order valence-corrected chi connectivity index (χ1v) is 17.7. The van der Waals surface area contributed by atoms with Crippen LogP contribution in [0.4, 0.5) is 0 Å². The zero-order valence-electron chi connectivity index (χ0n) is 19.3. The molecular weight excluding hydrogens is 387 g/mol. The van der Waals surface area contributed by atoms with Crippen LogP contribution in [-0.4, -0.2) is 13.3 Å². The Morgan fingerprint density at radius 2 is 1.67 bits per heavy atom. The SMILES string of the molecule is Cc1cc(CC(C)C)ccc1-c1c[c]([Ge]([CH3])([CH3])[CH3])c(CC(C)(C)C)c[n+]1C. The summed E-state index contributed by atoms with van der Waals surface area (Å²) >= 11 is -1.98. The van der Waals surface area contributed by atoms with E-state index < -0.39 is 13.3 Å². The second kappa shape index (κ2) is 8.11. The standard InChI is InChI=1S/C25H40GeN/c1-18(2)13-20-11-12-22(19(3)14-20)24-15-23(26(7,8)9)21(17-27(24)10)16-25(4,5)6/h11-12,14-15,17-18H,13,16H2,1-10H3/q+1. The molecule has 2 aromatic rings. The predicted octanol–water partition coefficient (Wildman–Crippen LogP) is 5.82. The molecule has 1 aromatic heterocycles. The van der Waals surface area contributed by atoms with Gasteiger partial charge >= 0.3 is 171 Å². The first-order chi connectivity index (χ1) is 12.3. The van der Waals surface area contributed by atoms with Gasteiger partial charge in [0.15, 0.2) is 0 Å². The second-order valence-electron chi connectivity index (χ2n) is 10.9. The number of nitrogens with zero attached hydrogens (tertiary/aromatic N) is 1. The van der Waals surface area contributed by atoms with Crippen molar-refractivity contribution in [1.82, 2.24) is 0 Å². The van der Waals surface area contributed by atoms with Crippen molar-refractivity contribution in [3.05, 3.63) is 47.2 Å². The third kappa shape index (κ3) is 5.94. The van der Waals surface area contributed by atoms with Crippen molar-refractivity contribution in [1.29, 1.82) is 0 Å². The molecule has 0 spiro atoms. The summed E-state index contributed by atoms with van der Waals surface area (Å²) in [6, 6.07) is 9.57. The predicted molar refractivity (Wildman–Crippen MR) is 122 cm³/mol. The summed E-state index contributed by atoms with van der Waals surface area (Å²) in [5.74, 6) is 8.25. The van der Waals surface area contributed by atoms with E-state index in [2.05, 4.69) is 101 Å². The summed E-state index contributed by atoms with van der Waals surface area (Å²) in [5, 5.41) is 0. The number of aromatic nitrogens is 1. The fourth-order valence-corrected chi connectivity index (χ4v) is 7.53. The van der Waals surface area contributed by atoms with Gasteiger partial charge in [0.2, 0.25) is 0 Å². The molecule has 0 unspecified atom stereocenters. The van der Waals surface area contributed by atoms with Crippen LogP contribution in [0, 0.1) is 18.3 Å². The Morgan fingerprint density at radius 3 is 2.15 bits per heavy atom. The van der Waals surface area contributed by atoms with Gasteiger partial charge in [-0.25, -0.2) is 0 Å². The number of hydrogen-bond donors (Lipinski definition) is 0. The molecule has 0 N–H and O–H groups in total. The first-order valence-electron chi connectivity index (χ1n) is 10.4.